The smallest absolute Gasteiger partial charge is 0.276 e. The lowest BCUT2D eigenvalue weighted by atomic mass is 9.93. The zero-order valence-electron chi connectivity index (χ0n) is 16.4. The lowest BCUT2D eigenvalue weighted by molar-refractivity contribution is 0.0490. The Morgan fingerprint density at radius 3 is 2.48 bits per heavy atom. The number of piperazine rings is 1. The molecule has 7 heteroatoms. The molecule has 2 bridgehead atoms. The predicted molar refractivity (Wildman–Crippen MR) is 103 cm³/mol. The van der Waals surface area contributed by atoms with Crippen molar-refractivity contribution in [1.82, 2.24) is 30.1 Å². The Morgan fingerprint density at radius 2 is 1.81 bits per heavy atom. The lowest BCUT2D eigenvalue weighted by Gasteiger charge is -2.40. The van der Waals surface area contributed by atoms with Gasteiger partial charge in [0.2, 0.25) is 0 Å². The molecule has 4 aliphatic rings. The van der Waals surface area contributed by atoms with Crippen molar-refractivity contribution in [3.8, 4) is 0 Å². The highest BCUT2D eigenvalue weighted by Gasteiger charge is 2.43. The maximum Gasteiger partial charge on any atom is 0.276 e. The van der Waals surface area contributed by atoms with Gasteiger partial charge in [0.05, 0.1) is 11.7 Å². The van der Waals surface area contributed by atoms with Crippen molar-refractivity contribution in [2.45, 2.75) is 57.5 Å². The lowest BCUT2D eigenvalue weighted by Crippen LogP contribution is -2.53. The van der Waals surface area contributed by atoms with Gasteiger partial charge in [-0.25, -0.2) is 4.68 Å². The third-order valence-corrected chi connectivity index (χ3v) is 7.56. The van der Waals surface area contributed by atoms with Crippen molar-refractivity contribution < 1.29 is 4.79 Å². The summed E-state index contributed by atoms with van der Waals surface area (Å²) >= 11 is 0. The van der Waals surface area contributed by atoms with E-state index >= 15 is 0 Å². The molecule has 3 heterocycles. The molecule has 1 amide bonds. The van der Waals surface area contributed by atoms with Gasteiger partial charge in [0.25, 0.3) is 5.91 Å². The molecule has 27 heavy (non-hydrogen) atoms. The van der Waals surface area contributed by atoms with Crippen LogP contribution in [0.5, 0.6) is 0 Å². The van der Waals surface area contributed by atoms with Crippen molar-refractivity contribution in [3.05, 3.63) is 11.4 Å². The average Bonchev–Trinajstić information content (AvgIpc) is 3.44. The third kappa shape index (κ3) is 3.18. The molecule has 0 radical (unpaired) electrons. The van der Waals surface area contributed by atoms with E-state index in [0.717, 1.165) is 75.7 Å². The standard InChI is InChI=1S/C20H32N6O/c1-14-19(22-23-26(14)17-4-6-21-7-5-17)20(27)25-10-8-24(9-11-25)18-13-15-2-3-16(18)12-15/h15-18,21H,2-13H2,1H3. The Hall–Kier alpha value is -1.47. The minimum absolute atomic E-state index is 0.0697. The molecule has 7 nitrogen and oxygen atoms in total. The molecule has 1 aromatic heterocycles. The Labute approximate surface area is 161 Å². The number of rotatable bonds is 3. The molecule has 5 rings (SSSR count). The summed E-state index contributed by atoms with van der Waals surface area (Å²) in [5.41, 5.74) is 1.49. The molecule has 2 saturated heterocycles. The highest BCUT2D eigenvalue weighted by Crippen LogP contribution is 2.46. The van der Waals surface area contributed by atoms with Crippen LogP contribution in [0.3, 0.4) is 0 Å². The first-order valence-corrected chi connectivity index (χ1v) is 10.9. The molecule has 3 unspecified atom stereocenters. The van der Waals surface area contributed by atoms with Crippen LogP contribution in [0.2, 0.25) is 0 Å². The highest BCUT2D eigenvalue weighted by atomic mass is 16.2. The van der Waals surface area contributed by atoms with E-state index in [1.54, 1.807) is 0 Å². The van der Waals surface area contributed by atoms with Crippen molar-refractivity contribution >= 4 is 5.91 Å². The van der Waals surface area contributed by atoms with E-state index in [2.05, 4.69) is 20.5 Å². The van der Waals surface area contributed by atoms with Gasteiger partial charge in [-0.1, -0.05) is 11.6 Å². The first-order valence-electron chi connectivity index (χ1n) is 10.9. The zero-order chi connectivity index (χ0) is 18.4. The number of aromatic nitrogens is 3. The number of amides is 1. The molecule has 0 aromatic carbocycles. The normalized spacial score (nSPS) is 32.3. The van der Waals surface area contributed by atoms with Crippen molar-refractivity contribution in [3.63, 3.8) is 0 Å². The van der Waals surface area contributed by atoms with Crippen LogP contribution < -0.4 is 5.32 Å². The van der Waals surface area contributed by atoms with Crippen LogP contribution >= 0.6 is 0 Å². The van der Waals surface area contributed by atoms with Gasteiger partial charge in [0, 0.05) is 32.2 Å². The van der Waals surface area contributed by atoms with Crippen LogP contribution in [-0.4, -0.2) is 76.0 Å². The summed E-state index contributed by atoms with van der Waals surface area (Å²) in [6, 6.07) is 1.15. The van der Waals surface area contributed by atoms with Gasteiger partial charge < -0.3 is 10.2 Å². The molecule has 2 aliphatic heterocycles. The molecule has 4 fully saturated rings. The molecule has 1 N–H and O–H groups in total. The van der Waals surface area contributed by atoms with E-state index < -0.39 is 0 Å². The monoisotopic (exact) mass is 372 g/mol. The molecule has 0 spiro atoms. The Bertz CT molecular complexity index is 689. The first-order chi connectivity index (χ1) is 13.2. The molecule has 3 atom stereocenters. The van der Waals surface area contributed by atoms with E-state index in [0.29, 0.717) is 11.7 Å². The second kappa shape index (κ2) is 7.17. The summed E-state index contributed by atoms with van der Waals surface area (Å²) in [6.07, 6.45) is 7.82. The van der Waals surface area contributed by atoms with Gasteiger partial charge in [0.1, 0.15) is 0 Å². The number of carbonyl (C=O) groups is 1. The Balaban J connectivity index is 1.21. The van der Waals surface area contributed by atoms with Crippen LogP contribution in [0.1, 0.15) is 60.7 Å². The summed E-state index contributed by atoms with van der Waals surface area (Å²) in [6.45, 7) is 7.71. The van der Waals surface area contributed by atoms with E-state index in [1.165, 1.54) is 25.7 Å². The molecule has 148 valence electrons. The number of carbonyl (C=O) groups excluding carboxylic acids is 1. The number of nitrogens with one attached hydrogen (secondary N) is 1. The fraction of sp³-hybridized carbons (Fsp3) is 0.850. The molecule has 2 saturated carbocycles. The zero-order valence-corrected chi connectivity index (χ0v) is 16.4. The molecular formula is C20H32N6O. The van der Waals surface area contributed by atoms with E-state index in [1.807, 2.05) is 16.5 Å². The van der Waals surface area contributed by atoms with Crippen LogP contribution in [0.4, 0.5) is 0 Å². The number of hydrogen-bond donors (Lipinski definition) is 1. The maximum atomic E-state index is 13.1. The van der Waals surface area contributed by atoms with Crippen LogP contribution in [-0.2, 0) is 0 Å². The summed E-state index contributed by atoms with van der Waals surface area (Å²) in [5.74, 6) is 1.97. The fourth-order valence-electron chi connectivity index (χ4n) is 6.00. The summed E-state index contributed by atoms with van der Waals surface area (Å²) < 4.78 is 1.99. The van der Waals surface area contributed by atoms with Gasteiger partial charge >= 0.3 is 0 Å². The second-order valence-electron chi connectivity index (χ2n) is 9.02. The SMILES string of the molecule is Cc1c(C(=O)N2CCN(C3CC4CCC3C4)CC2)nnn1C1CCNCC1. The highest BCUT2D eigenvalue weighted by molar-refractivity contribution is 5.93. The first kappa shape index (κ1) is 17.6. The van der Waals surface area contributed by atoms with E-state index in [9.17, 15) is 4.79 Å². The van der Waals surface area contributed by atoms with Gasteiger partial charge in [-0.15, -0.1) is 5.10 Å². The topological polar surface area (TPSA) is 66.3 Å². The molecule has 2 aliphatic carbocycles. The largest absolute Gasteiger partial charge is 0.335 e. The van der Waals surface area contributed by atoms with Crippen molar-refractivity contribution in [2.75, 3.05) is 39.3 Å². The fourth-order valence-corrected chi connectivity index (χ4v) is 6.00. The van der Waals surface area contributed by atoms with Gasteiger partial charge in [-0.2, -0.15) is 0 Å². The average molecular weight is 373 g/mol. The number of piperidine rings is 1. The minimum atomic E-state index is 0.0697. The van der Waals surface area contributed by atoms with Crippen LogP contribution in [0.15, 0.2) is 0 Å². The van der Waals surface area contributed by atoms with Crippen molar-refractivity contribution in [2.24, 2.45) is 11.8 Å². The van der Waals surface area contributed by atoms with E-state index in [-0.39, 0.29) is 5.91 Å². The Kier molecular flexibility index (Phi) is 4.68. The minimum Gasteiger partial charge on any atom is -0.335 e. The van der Waals surface area contributed by atoms with Gasteiger partial charge in [0.15, 0.2) is 5.69 Å². The predicted octanol–water partition coefficient (Wildman–Crippen LogP) is 1.46. The summed E-state index contributed by atoms with van der Waals surface area (Å²) in [4.78, 5) is 17.7. The number of nitrogens with zero attached hydrogens (tertiary/aromatic N) is 5. The summed E-state index contributed by atoms with van der Waals surface area (Å²) in [7, 11) is 0. The Morgan fingerprint density at radius 1 is 1.04 bits per heavy atom. The number of hydrogen-bond acceptors (Lipinski definition) is 5. The maximum absolute atomic E-state index is 13.1. The molecule has 1 aromatic rings. The van der Waals surface area contributed by atoms with Gasteiger partial charge in [-0.05, 0) is 64.0 Å². The van der Waals surface area contributed by atoms with Crippen LogP contribution in [0.25, 0.3) is 0 Å². The quantitative estimate of drug-likeness (QED) is 0.870. The van der Waals surface area contributed by atoms with Crippen LogP contribution in [0, 0.1) is 18.8 Å². The second-order valence-corrected chi connectivity index (χ2v) is 9.02. The summed E-state index contributed by atoms with van der Waals surface area (Å²) in [5, 5.41) is 12.0. The molecular weight excluding hydrogens is 340 g/mol. The van der Waals surface area contributed by atoms with Crippen molar-refractivity contribution in [1.29, 1.82) is 0 Å². The third-order valence-electron chi connectivity index (χ3n) is 7.56. The van der Waals surface area contributed by atoms with E-state index in [4.69, 9.17) is 0 Å². The van der Waals surface area contributed by atoms with Gasteiger partial charge in [-0.3, -0.25) is 9.69 Å². The number of fused-ring (bicyclic) bond motifs is 2.